The van der Waals surface area contributed by atoms with Crippen LogP contribution in [0.25, 0.3) is 0 Å². The Kier molecular flexibility index (Phi) is 4.39. The summed E-state index contributed by atoms with van der Waals surface area (Å²) >= 11 is 0. The molecule has 0 saturated carbocycles. The molecule has 0 aliphatic carbocycles. The molecule has 1 saturated heterocycles. The fourth-order valence-corrected chi connectivity index (χ4v) is 2.74. The first-order chi connectivity index (χ1) is 8.76. The molecule has 4 nitrogen and oxygen atoms in total. The van der Waals surface area contributed by atoms with E-state index in [2.05, 4.69) is 18.9 Å². The molecule has 1 fully saturated rings. The van der Waals surface area contributed by atoms with E-state index in [9.17, 15) is 4.79 Å². The van der Waals surface area contributed by atoms with Crippen LogP contribution < -0.4 is 0 Å². The van der Waals surface area contributed by atoms with Crippen LogP contribution in [0.1, 0.15) is 45.6 Å². The largest absolute Gasteiger partial charge is 0.342 e. The number of aromatic nitrogens is 2. The number of hydrogen-bond donors (Lipinski definition) is 0. The van der Waals surface area contributed by atoms with Crippen molar-refractivity contribution < 1.29 is 4.79 Å². The number of nitrogens with zero attached hydrogens (tertiary/aromatic N) is 3. The van der Waals surface area contributed by atoms with Crippen molar-refractivity contribution in [2.75, 3.05) is 13.1 Å². The highest BCUT2D eigenvalue weighted by atomic mass is 16.2. The van der Waals surface area contributed by atoms with Gasteiger partial charge in [-0.25, -0.2) is 0 Å². The number of hydrogen-bond acceptors (Lipinski definition) is 2. The highest BCUT2D eigenvalue weighted by Crippen LogP contribution is 2.23. The highest BCUT2D eigenvalue weighted by Gasteiger charge is 2.27. The van der Waals surface area contributed by atoms with Gasteiger partial charge in [-0.15, -0.1) is 0 Å². The van der Waals surface area contributed by atoms with Crippen LogP contribution in [-0.2, 0) is 4.79 Å². The zero-order valence-electron chi connectivity index (χ0n) is 11.4. The van der Waals surface area contributed by atoms with Crippen molar-refractivity contribution in [2.45, 2.75) is 45.6 Å². The zero-order chi connectivity index (χ0) is 13.0. The minimum atomic E-state index is 0.214. The summed E-state index contributed by atoms with van der Waals surface area (Å²) < 4.78 is 2.03. The first-order valence-electron chi connectivity index (χ1n) is 7.04. The topological polar surface area (TPSA) is 38.1 Å². The molecule has 1 aromatic heterocycles. The lowest BCUT2D eigenvalue weighted by Gasteiger charge is -2.34. The van der Waals surface area contributed by atoms with Crippen molar-refractivity contribution in [3.05, 3.63) is 18.5 Å². The normalized spacial score (nSPS) is 17.4. The third kappa shape index (κ3) is 2.74. The second-order valence-electron chi connectivity index (χ2n) is 5.06. The van der Waals surface area contributed by atoms with Gasteiger partial charge in [0, 0.05) is 31.4 Å². The Morgan fingerprint density at radius 2 is 2.00 bits per heavy atom. The molecule has 1 aliphatic heterocycles. The van der Waals surface area contributed by atoms with E-state index in [1.54, 1.807) is 0 Å². The molecule has 1 amide bonds. The molecular weight excluding hydrogens is 226 g/mol. The maximum atomic E-state index is 12.3. The number of likely N-dealkylation sites (tertiary alicyclic amines) is 1. The van der Waals surface area contributed by atoms with E-state index < -0.39 is 0 Å². The quantitative estimate of drug-likeness (QED) is 0.822. The molecule has 0 bridgehead atoms. The Hall–Kier alpha value is -1.32. The van der Waals surface area contributed by atoms with E-state index in [0.29, 0.717) is 11.9 Å². The van der Waals surface area contributed by atoms with Gasteiger partial charge in [-0.1, -0.05) is 13.8 Å². The lowest BCUT2D eigenvalue weighted by molar-refractivity contribution is -0.137. The Morgan fingerprint density at radius 1 is 1.33 bits per heavy atom. The van der Waals surface area contributed by atoms with Crippen molar-refractivity contribution in [1.82, 2.24) is 14.7 Å². The van der Waals surface area contributed by atoms with Crippen molar-refractivity contribution in [3.8, 4) is 0 Å². The lowest BCUT2D eigenvalue weighted by atomic mass is 9.98. The molecule has 18 heavy (non-hydrogen) atoms. The molecule has 2 rings (SSSR count). The number of amides is 1. The summed E-state index contributed by atoms with van der Waals surface area (Å²) in [7, 11) is 0. The summed E-state index contributed by atoms with van der Waals surface area (Å²) in [6, 6.07) is 2.42. The molecule has 1 aromatic rings. The second kappa shape index (κ2) is 6.03. The van der Waals surface area contributed by atoms with Gasteiger partial charge < -0.3 is 4.90 Å². The number of carbonyl (C=O) groups excluding carboxylic acids is 1. The van der Waals surface area contributed by atoms with Crippen LogP contribution in [0, 0.1) is 5.92 Å². The maximum absolute atomic E-state index is 12.3. The van der Waals surface area contributed by atoms with Gasteiger partial charge in [0.25, 0.3) is 0 Å². The number of piperidine rings is 1. The fourth-order valence-electron chi connectivity index (χ4n) is 2.74. The van der Waals surface area contributed by atoms with E-state index in [1.165, 1.54) is 0 Å². The molecule has 4 heteroatoms. The van der Waals surface area contributed by atoms with Crippen LogP contribution in [0.3, 0.4) is 0 Å². The Morgan fingerprint density at radius 3 is 2.50 bits per heavy atom. The minimum Gasteiger partial charge on any atom is -0.342 e. The Bertz CT molecular complexity index is 362. The summed E-state index contributed by atoms with van der Waals surface area (Å²) in [4.78, 5) is 14.3. The van der Waals surface area contributed by atoms with E-state index in [1.807, 2.05) is 28.0 Å². The minimum absolute atomic E-state index is 0.214. The summed E-state index contributed by atoms with van der Waals surface area (Å²) in [5.41, 5.74) is 0. The highest BCUT2D eigenvalue weighted by molar-refractivity contribution is 5.78. The molecule has 0 radical (unpaired) electrons. The third-order valence-electron chi connectivity index (χ3n) is 4.01. The van der Waals surface area contributed by atoms with E-state index in [4.69, 9.17) is 0 Å². The SMILES string of the molecule is CCC(CC)C(=O)N1CCC(n2cccn2)CC1. The van der Waals surface area contributed by atoms with Gasteiger partial charge >= 0.3 is 0 Å². The van der Waals surface area contributed by atoms with Gasteiger partial charge in [-0.3, -0.25) is 9.48 Å². The third-order valence-corrected chi connectivity index (χ3v) is 4.01. The molecule has 1 aliphatic rings. The number of carbonyl (C=O) groups is 1. The van der Waals surface area contributed by atoms with Gasteiger partial charge in [-0.2, -0.15) is 5.10 Å². The maximum Gasteiger partial charge on any atom is 0.225 e. The van der Waals surface area contributed by atoms with Crippen LogP contribution in [0.5, 0.6) is 0 Å². The second-order valence-corrected chi connectivity index (χ2v) is 5.06. The lowest BCUT2D eigenvalue weighted by Crippen LogP contribution is -2.42. The summed E-state index contributed by atoms with van der Waals surface area (Å²) in [5.74, 6) is 0.560. The van der Waals surface area contributed by atoms with Gasteiger partial charge in [0.15, 0.2) is 0 Å². The van der Waals surface area contributed by atoms with Gasteiger partial charge in [0.1, 0.15) is 0 Å². The van der Waals surface area contributed by atoms with Gasteiger partial charge in [0.05, 0.1) is 6.04 Å². The van der Waals surface area contributed by atoms with Crippen molar-refractivity contribution in [1.29, 1.82) is 0 Å². The molecule has 0 spiro atoms. The Balaban J connectivity index is 1.88. The summed E-state index contributed by atoms with van der Waals surface area (Å²) in [6.07, 6.45) is 7.79. The van der Waals surface area contributed by atoms with Crippen LogP contribution in [0.2, 0.25) is 0 Å². The average molecular weight is 249 g/mol. The summed E-state index contributed by atoms with van der Waals surface area (Å²) in [5, 5.41) is 4.29. The predicted molar refractivity (Wildman–Crippen MR) is 71.2 cm³/mol. The summed E-state index contributed by atoms with van der Waals surface area (Å²) in [6.45, 7) is 5.95. The molecule has 2 heterocycles. The van der Waals surface area contributed by atoms with Gasteiger partial charge in [-0.05, 0) is 31.7 Å². The molecular formula is C14H23N3O. The van der Waals surface area contributed by atoms with Crippen LogP contribution >= 0.6 is 0 Å². The van der Waals surface area contributed by atoms with Crippen LogP contribution in [-0.4, -0.2) is 33.7 Å². The Labute approximate surface area is 109 Å². The molecule has 0 unspecified atom stereocenters. The van der Waals surface area contributed by atoms with E-state index >= 15 is 0 Å². The van der Waals surface area contributed by atoms with Crippen LogP contribution in [0.15, 0.2) is 18.5 Å². The van der Waals surface area contributed by atoms with E-state index in [0.717, 1.165) is 38.8 Å². The standard InChI is InChI=1S/C14H23N3O/c1-3-12(4-2)14(18)16-10-6-13(7-11-16)17-9-5-8-15-17/h5,8-9,12-13H,3-4,6-7,10-11H2,1-2H3. The zero-order valence-corrected chi connectivity index (χ0v) is 11.4. The molecule has 100 valence electrons. The fraction of sp³-hybridized carbons (Fsp3) is 0.714. The number of rotatable bonds is 4. The van der Waals surface area contributed by atoms with Gasteiger partial charge in [0.2, 0.25) is 5.91 Å². The first kappa shape index (κ1) is 13.1. The smallest absolute Gasteiger partial charge is 0.225 e. The first-order valence-corrected chi connectivity index (χ1v) is 7.04. The molecule has 0 aromatic carbocycles. The monoisotopic (exact) mass is 249 g/mol. The molecule has 0 atom stereocenters. The van der Waals surface area contributed by atoms with Crippen LogP contribution in [0.4, 0.5) is 0 Å². The van der Waals surface area contributed by atoms with Crippen molar-refractivity contribution >= 4 is 5.91 Å². The van der Waals surface area contributed by atoms with E-state index in [-0.39, 0.29) is 5.92 Å². The van der Waals surface area contributed by atoms with Crippen molar-refractivity contribution in [3.63, 3.8) is 0 Å². The average Bonchev–Trinajstić information content (AvgIpc) is 2.94. The molecule has 0 N–H and O–H groups in total. The van der Waals surface area contributed by atoms with Crippen molar-refractivity contribution in [2.24, 2.45) is 5.92 Å². The predicted octanol–water partition coefficient (Wildman–Crippen LogP) is 2.48.